The van der Waals surface area contributed by atoms with E-state index < -0.39 is 23.9 Å². The lowest BCUT2D eigenvalue weighted by atomic mass is 9.88. The molecule has 0 saturated heterocycles. The van der Waals surface area contributed by atoms with Gasteiger partial charge in [-0.2, -0.15) is 4.98 Å². The first-order chi connectivity index (χ1) is 15.7. The van der Waals surface area contributed by atoms with Crippen LogP contribution in [0.3, 0.4) is 0 Å². The zero-order valence-electron chi connectivity index (χ0n) is 17.9. The van der Waals surface area contributed by atoms with Crippen LogP contribution < -0.4 is 5.32 Å². The van der Waals surface area contributed by atoms with Gasteiger partial charge in [0.15, 0.2) is 0 Å². The molecule has 0 fully saturated rings. The number of nitrogens with one attached hydrogen (secondary N) is 2. The fourth-order valence-electron chi connectivity index (χ4n) is 3.66. The molecule has 5 N–H and O–H groups in total. The van der Waals surface area contributed by atoms with Crippen molar-refractivity contribution < 1.29 is 29.7 Å². The Morgan fingerprint density at radius 3 is 2.48 bits per heavy atom. The Morgan fingerprint density at radius 1 is 1.18 bits per heavy atom. The molecule has 0 spiro atoms. The molecule has 172 valence electrons. The maximum absolute atomic E-state index is 12.5. The molecule has 10 heteroatoms. The molecule has 1 aromatic carbocycles. The van der Waals surface area contributed by atoms with Crippen LogP contribution in [-0.4, -0.2) is 54.2 Å². The number of hydrogen-bond acceptors (Lipinski definition) is 6. The molecule has 1 unspecified atom stereocenters. The van der Waals surface area contributed by atoms with Crippen LogP contribution in [-0.2, 0) is 9.59 Å². The van der Waals surface area contributed by atoms with E-state index in [1.54, 1.807) is 43.5 Å². The van der Waals surface area contributed by atoms with Crippen LogP contribution in [0.4, 0.5) is 0 Å². The molecular formula is C23H24N4O6. The number of rotatable bonds is 10. The summed E-state index contributed by atoms with van der Waals surface area (Å²) >= 11 is 0. The van der Waals surface area contributed by atoms with Crippen molar-refractivity contribution in [2.24, 2.45) is 0 Å². The average molecular weight is 452 g/mol. The van der Waals surface area contributed by atoms with Gasteiger partial charge in [-0.1, -0.05) is 18.2 Å². The molecule has 2 aromatic heterocycles. The Morgan fingerprint density at radius 2 is 1.88 bits per heavy atom. The minimum atomic E-state index is -1.31. The molecule has 0 aliphatic rings. The van der Waals surface area contributed by atoms with Crippen molar-refractivity contribution >= 4 is 28.9 Å². The van der Waals surface area contributed by atoms with Crippen molar-refractivity contribution in [1.82, 2.24) is 20.3 Å². The third-order valence-corrected chi connectivity index (χ3v) is 5.26. The Labute approximate surface area is 189 Å². The summed E-state index contributed by atoms with van der Waals surface area (Å²) in [4.78, 5) is 45.9. The average Bonchev–Trinajstić information content (AvgIpc) is 3.18. The number of hydrogen-bond donors (Lipinski definition) is 5. The number of carboxylic acids is 2. The van der Waals surface area contributed by atoms with Gasteiger partial charge in [-0.05, 0) is 43.0 Å². The number of allylic oxidation sites excluding steroid dienone is 1. The summed E-state index contributed by atoms with van der Waals surface area (Å²) in [6.07, 6.45) is 3.45. The zero-order chi connectivity index (χ0) is 24.1. The Kier molecular flexibility index (Phi) is 7.07. The Hall–Kier alpha value is -4.21. The largest absolute Gasteiger partial charge is 0.493 e. The molecule has 33 heavy (non-hydrogen) atoms. The van der Waals surface area contributed by atoms with Gasteiger partial charge in [-0.25, -0.2) is 9.78 Å². The second-order valence-corrected chi connectivity index (χ2v) is 7.56. The number of carbonyl (C=O) groups is 3. The summed E-state index contributed by atoms with van der Waals surface area (Å²) in [6, 6.07) is 5.29. The van der Waals surface area contributed by atoms with E-state index in [2.05, 4.69) is 26.8 Å². The van der Waals surface area contributed by atoms with E-state index in [9.17, 15) is 24.6 Å². The van der Waals surface area contributed by atoms with Gasteiger partial charge in [0.2, 0.25) is 5.88 Å². The van der Waals surface area contributed by atoms with Crippen molar-refractivity contribution in [3.05, 3.63) is 65.6 Å². The molecule has 3 aromatic rings. The first kappa shape index (κ1) is 23.5. The molecular weight excluding hydrogens is 428 g/mol. The lowest BCUT2D eigenvalue weighted by Crippen LogP contribution is -2.41. The molecule has 2 atom stereocenters. The molecule has 2 heterocycles. The molecule has 0 saturated carbocycles. The number of aromatic nitrogens is 3. The number of aromatic hydroxyl groups is 1. The van der Waals surface area contributed by atoms with E-state index in [-0.39, 0.29) is 30.2 Å². The number of aryl methyl sites for hydroxylation is 1. The minimum Gasteiger partial charge on any atom is -0.493 e. The van der Waals surface area contributed by atoms with Gasteiger partial charge >= 0.3 is 11.9 Å². The minimum absolute atomic E-state index is 0.125. The van der Waals surface area contributed by atoms with Crippen LogP contribution in [0.5, 0.6) is 5.88 Å². The Bertz CT molecular complexity index is 1200. The fraction of sp³-hybridized carbons (Fsp3) is 0.261. The predicted octanol–water partition coefficient (Wildman–Crippen LogP) is 2.73. The van der Waals surface area contributed by atoms with Gasteiger partial charge in [0.25, 0.3) is 5.91 Å². The molecule has 0 bridgehead atoms. The molecule has 0 radical (unpaired) electrons. The summed E-state index contributed by atoms with van der Waals surface area (Å²) in [6.45, 7) is 5.49. The van der Waals surface area contributed by atoms with Crippen LogP contribution >= 0.6 is 0 Å². The number of benzene rings is 1. The summed E-state index contributed by atoms with van der Waals surface area (Å²) in [5, 5.41) is 31.2. The van der Waals surface area contributed by atoms with Gasteiger partial charge in [-0.15, -0.1) is 6.58 Å². The second-order valence-electron chi connectivity index (χ2n) is 7.56. The quantitative estimate of drug-likeness (QED) is 0.293. The lowest BCUT2D eigenvalue weighted by Gasteiger charge is -2.17. The molecule has 10 nitrogen and oxygen atoms in total. The summed E-state index contributed by atoms with van der Waals surface area (Å²) in [5.41, 5.74) is 2.37. The zero-order valence-corrected chi connectivity index (χ0v) is 17.9. The van der Waals surface area contributed by atoms with Crippen LogP contribution in [0, 0.1) is 6.92 Å². The van der Waals surface area contributed by atoms with Crippen molar-refractivity contribution in [2.45, 2.75) is 38.1 Å². The van der Waals surface area contributed by atoms with E-state index >= 15 is 0 Å². The van der Waals surface area contributed by atoms with Gasteiger partial charge in [0.1, 0.15) is 17.5 Å². The highest BCUT2D eigenvalue weighted by molar-refractivity contribution is 5.96. The van der Waals surface area contributed by atoms with Gasteiger partial charge < -0.3 is 25.6 Å². The standard InChI is InChI=1S/C23H24N4O6/c1-3-4-15(16-11-24-20-19(16)22(31)26-12(2)25-20)13-5-7-14(8-6-13)21(30)27-17(23(32)33)9-10-18(28)29/h3,5-8,11,15,17H,1,4,9-10H2,2H3,(H,27,30)(H,28,29)(H,32,33)(H2,24,25,26,31)/t15?,17-/m0/s1. The molecule has 1 amide bonds. The number of H-pyrrole nitrogens is 1. The van der Waals surface area contributed by atoms with Crippen molar-refractivity contribution in [3.63, 3.8) is 0 Å². The monoisotopic (exact) mass is 452 g/mol. The molecule has 3 rings (SSSR count). The summed E-state index contributed by atoms with van der Waals surface area (Å²) in [7, 11) is 0. The first-order valence-electron chi connectivity index (χ1n) is 10.2. The van der Waals surface area contributed by atoms with E-state index in [1.807, 2.05) is 0 Å². The van der Waals surface area contributed by atoms with Crippen LogP contribution in [0.25, 0.3) is 11.0 Å². The highest BCUT2D eigenvalue weighted by atomic mass is 16.4. The number of carbonyl (C=O) groups excluding carboxylic acids is 1. The van der Waals surface area contributed by atoms with E-state index in [0.29, 0.717) is 23.3 Å². The highest BCUT2D eigenvalue weighted by Gasteiger charge is 2.23. The predicted molar refractivity (Wildman–Crippen MR) is 119 cm³/mol. The van der Waals surface area contributed by atoms with E-state index in [4.69, 9.17) is 5.11 Å². The first-order valence-corrected chi connectivity index (χ1v) is 10.2. The summed E-state index contributed by atoms with van der Waals surface area (Å²) < 4.78 is 0. The normalized spacial score (nSPS) is 12.8. The second kappa shape index (κ2) is 9.94. The van der Waals surface area contributed by atoms with E-state index in [1.165, 1.54) is 0 Å². The van der Waals surface area contributed by atoms with Crippen LogP contribution in [0.1, 0.15) is 52.5 Å². The number of fused-ring (bicyclic) bond motifs is 1. The number of carboxylic acid groups (broad SMARTS) is 2. The molecule has 0 aliphatic heterocycles. The van der Waals surface area contributed by atoms with Crippen LogP contribution in [0.2, 0.25) is 0 Å². The smallest absolute Gasteiger partial charge is 0.326 e. The fourth-order valence-corrected chi connectivity index (χ4v) is 3.66. The van der Waals surface area contributed by atoms with E-state index in [0.717, 1.165) is 11.1 Å². The maximum Gasteiger partial charge on any atom is 0.326 e. The number of aromatic amines is 1. The number of nitrogens with zero attached hydrogens (tertiary/aromatic N) is 2. The van der Waals surface area contributed by atoms with Crippen LogP contribution in [0.15, 0.2) is 43.1 Å². The number of aliphatic carboxylic acids is 2. The maximum atomic E-state index is 12.5. The van der Waals surface area contributed by atoms with Crippen molar-refractivity contribution in [1.29, 1.82) is 0 Å². The third kappa shape index (κ3) is 5.35. The SMILES string of the molecule is C=CCC(c1ccc(C(=O)N[C@@H](CCC(=O)O)C(=O)O)cc1)c1c[nH]c2nc(C)nc(O)c12. The van der Waals surface area contributed by atoms with Gasteiger partial charge in [0.05, 0.1) is 5.39 Å². The Balaban J connectivity index is 1.85. The molecule has 0 aliphatic carbocycles. The third-order valence-electron chi connectivity index (χ3n) is 5.26. The van der Waals surface area contributed by atoms with Gasteiger partial charge in [-0.3, -0.25) is 9.59 Å². The topological polar surface area (TPSA) is 165 Å². The number of amides is 1. The highest BCUT2D eigenvalue weighted by Crippen LogP contribution is 2.36. The van der Waals surface area contributed by atoms with Crippen molar-refractivity contribution in [3.8, 4) is 5.88 Å². The van der Waals surface area contributed by atoms with Gasteiger partial charge in [0, 0.05) is 24.1 Å². The lowest BCUT2D eigenvalue weighted by molar-refractivity contribution is -0.140. The summed E-state index contributed by atoms with van der Waals surface area (Å²) in [5.74, 6) is -2.95. The van der Waals surface area contributed by atoms with Crippen molar-refractivity contribution in [2.75, 3.05) is 0 Å².